The number of nitrogens with one attached hydrogen (secondary N) is 2. The molecular formula is C43H50FN6O8P. The number of nitrogens with zero attached hydrogens (tertiary/aromatic N) is 4. The number of H-pyrrole nitrogens is 1. The maximum atomic E-state index is 17.5. The van der Waals surface area contributed by atoms with Crippen LogP contribution in [0.5, 0.6) is 11.5 Å². The Labute approximate surface area is 343 Å². The number of hydrogen-bond acceptors (Lipinski definition) is 11. The number of carbonyl (C=O) groups is 1. The van der Waals surface area contributed by atoms with Gasteiger partial charge in [-0.15, -0.1) is 0 Å². The largest absolute Gasteiger partial charge is 0.497 e. The number of hydrogen-bond donors (Lipinski definition) is 2. The average Bonchev–Trinajstić information content (AvgIpc) is 3.89. The van der Waals surface area contributed by atoms with Crippen LogP contribution < -0.4 is 20.3 Å². The molecule has 0 bridgehead atoms. The topological polar surface area (TPSA) is 151 Å². The predicted octanol–water partition coefficient (Wildman–Crippen LogP) is 7.25. The van der Waals surface area contributed by atoms with Gasteiger partial charge in [-0.3, -0.25) is 24.5 Å². The lowest BCUT2D eigenvalue weighted by molar-refractivity contribution is -0.118. The van der Waals surface area contributed by atoms with Crippen molar-refractivity contribution in [1.29, 1.82) is 0 Å². The van der Waals surface area contributed by atoms with Crippen molar-refractivity contribution in [3.8, 4) is 11.5 Å². The Balaban J connectivity index is 1.20. The normalized spacial score (nSPS) is 26.0. The summed E-state index contributed by atoms with van der Waals surface area (Å²) in [6, 6.07) is 25.2. The second-order valence-corrected chi connectivity index (χ2v) is 17.3. The number of benzene rings is 3. The van der Waals surface area contributed by atoms with Crippen molar-refractivity contribution in [2.45, 2.75) is 88.3 Å². The molecule has 0 unspecified atom stereocenters. The fourth-order valence-corrected chi connectivity index (χ4v) is 10.4. The van der Waals surface area contributed by atoms with E-state index >= 15 is 4.39 Å². The molecule has 1 amide bonds. The Morgan fingerprint density at radius 1 is 1.02 bits per heavy atom. The van der Waals surface area contributed by atoms with Gasteiger partial charge in [0.1, 0.15) is 29.3 Å². The minimum Gasteiger partial charge on any atom is -0.497 e. The summed E-state index contributed by atoms with van der Waals surface area (Å²) in [6.45, 7) is 5.40. The molecule has 0 spiro atoms. The van der Waals surface area contributed by atoms with Gasteiger partial charge >= 0.3 is 0 Å². The highest BCUT2D eigenvalue weighted by molar-refractivity contribution is 7.45. The van der Waals surface area contributed by atoms with E-state index in [2.05, 4.69) is 31.9 Å². The fraction of sp³-hybridized carbons (Fsp3) is 0.442. The zero-order chi connectivity index (χ0) is 41.5. The van der Waals surface area contributed by atoms with Gasteiger partial charge < -0.3 is 28.0 Å². The quantitative estimate of drug-likeness (QED) is 0.0913. The van der Waals surface area contributed by atoms with Crippen LogP contribution >= 0.6 is 8.53 Å². The van der Waals surface area contributed by atoms with Crippen LogP contribution in [0, 0.1) is 5.92 Å². The lowest BCUT2D eigenvalue weighted by atomic mass is 9.80. The van der Waals surface area contributed by atoms with Crippen molar-refractivity contribution in [3.63, 3.8) is 0 Å². The van der Waals surface area contributed by atoms with E-state index in [9.17, 15) is 9.59 Å². The van der Waals surface area contributed by atoms with Gasteiger partial charge in [0.2, 0.25) is 11.9 Å². The standard InChI is InChI=1S/C43H50FN6O8P/c1-26(2)38(51)47-41-46-37-35(39(52)48-41)45-25-50(37)40-34(44)36(57-59-49(4)33-14-10-11-23-42(33,3)58-59)32(56-40)24-55-43(27-12-8-7-9-13-27,28-15-19-30(53-5)20-16-28)29-17-21-31(54-6)22-18-29/h7-9,12-13,15-22,25-26,32-34,36,40H,10-11,14,23-24H2,1-6H3,(H2,46,47,48,51,52)/t32-,33+,34-,36-,40-,42+,59-/m1/s1. The maximum Gasteiger partial charge on any atom is 0.280 e. The summed E-state index contributed by atoms with van der Waals surface area (Å²) < 4.78 is 59.3. The number of fused-ring (bicyclic) bond motifs is 2. The van der Waals surface area contributed by atoms with Crippen LogP contribution in [-0.4, -0.2) is 88.0 Å². The van der Waals surface area contributed by atoms with Crippen LogP contribution in [0.3, 0.4) is 0 Å². The number of ether oxygens (including phenoxy) is 4. The number of methoxy groups -OCH3 is 2. The molecule has 3 aliphatic rings. The molecule has 1 saturated carbocycles. The van der Waals surface area contributed by atoms with Crippen molar-refractivity contribution < 1.29 is 37.2 Å². The van der Waals surface area contributed by atoms with Crippen molar-refractivity contribution in [1.82, 2.24) is 24.2 Å². The molecule has 3 fully saturated rings. The van der Waals surface area contributed by atoms with Gasteiger partial charge in [-0.2, -0.15) is 4.98 Å². The summed E-state index contributed by atoms with van der Waals surface area (Å²) >= 11 is 0. The van der Waals surface area contributed by atoms with Gasteiger partial charge in [-0.05, 0) is 67.8 Å². The van der Waals surface area contributed by atoms with Gasteiger partial charge in [0.25, 0.3) is 14.1 Å². The highest BCUT2D eigenvalue weighted by Crippen LogP contribution is 2.61. The molecule has 4 heterocycles. The molecule has 16 heteroatoms. The van der Waals surface area contributed by atoms with Crippen LogP contribution in [0.25, 0.3) is 11.2 Å². The zero-order valence-electron chi connectivity index (χ0n) is 34.0. The first-order chi connectivity index (χ1) is 28.4. The van der Waals surface area contributed by atoms with Crippen LogP contribution in [0.2, 0.25) is 0 Å². The number of anilines is 1. The summed E-state index contributed by atoms with van der Waals surface area (Å²) in [5.74, 6) is 0.528. The Morgan fingerprint density at radius 2 is 1.66 bits per heavy atom. The van der Waals surface area contributed by atoms with E-state index in [0.29, 0.717) is 11.5 Å². The lowest BCUT2D eigenvalue weighted by Gasteiger charge is -2.37. The number of rotatable bonds is 13. The summed E-state index contributed by atoms with van der Waals surface area (Å²) in [5.41, 5.74) is 0.143. The molecule has 5 aromatic rings. The molecule has 1 aliphatic carbocycles. The molecule has 2 aliphatic heterocycles. The summed E-state index contributed by atoms with van der Waals surface area (Å²) in [6.07, 6.45) is -0.0504. The molecule has 59 heavy (non-hydrogen) atoms. The molecule has 7 atom stereocenters. The Kier molecular flexibility index (Phi) is 11.6. The van der Waals surface area contributed by atoms with Gasteiger partial charge in [-0.1, -0.05) is 81.3 Å². The minimum atomic E-state index is -1.79. The molecule has 2 saturated heterocycles. The summed E-state index contributed by atoms with van der Waals surface area (Å²) in [4.78, 5) is 37.1. The van der Waals surface area contributed by atoms with Crippen LogP contribution in [0.4, 0.5) is 10.3 Å². The third-order valence-electron chi connectivity index (χ3n) is 11.7. The van der Waals surface area contributed by atoms with Gasteiger partial charge in [0.15, 0.2) is 23.6 Å². The van der Waals surface area contributed by atoms with Crippen molar-refractivity contribution in [2.75, 3.05) is 33.2 Å². The van der Waals surface area contributed by atoms with E-state index in [-0.39, 0.29) is 41.6 Å². The van der Waals surface area contributed by atoms with E-state index < -0.39 is 49.9 Å². The lowest BCUT2D eigenvalue weighted by Crippen LogP contribution is -2.43. The number of aromatic nitrogens is 4. The third kappa shape index (κ3) is 7.64. The van der Waals surface area contributed by atoms with Gasteiger partial charge in [-0.25, -0.2) is 14.0 Å². The SMILES string of the molecule is COc1ccc(C(OC[C@H]2O[C@@H](n3cnc4c(=O)[nH]c(NC(=O)C(C)C)nc43)[C@H](F)[C@@H]2O[P@]2O[C@@]3(C)CCCC[C@@H]3N2C)(c2ccccc2)c2ccc(OC)cc2)cc1. The summed E-state index contributed by atoms with van der Waals surface area (Å²) in [5, 5.41) is 2.63. The highest BCUT2D eigenvalue weighted by atomic mass is 31.2. The van der Waals surface area contributed by atoms with Crippen molar-refractivity contribution in [3.05, 3.63) is 112 Å². The second-order valence-electron chi connectivity index (χ2n) is 15.8. The Morgan fingerprint density at radius 3 is 2.27 bits per heavy atom. The summed E-state index contributed by atoms with van der Waals surface area (Å²) in [7, 11) is 3.49. The Bertz CT molecular complexity index is 2260. The fourth-order valence-electron chi connectivity index (χ4n) is 8.42. The number of imidazole rings is 1. The highest BCUT2D eigenvalue weighted by Gasteiger charge is 2.56. The number of amides is 1. The number of carbonyl (C=O) groups excluding carboxylic acids is 1. The molecule has 14 nitrogen and oxygen atoms in total. The van der Waals surface area contributed by atoms with Crippen molar-refractivity contribution >= 4 is 31.5 Å². The smallest absolute Gasteiger partial charge is 0.280 e. The van der Waals surface area contributed by atoms with E-state index in [0.717, 1.165) is 42.4 Å². The minimum absolute atomic E-state index is 0.0364. The number of alkyl halides is 1. The van der Waals surface area contributed by atoms with E-state index in [1.54, 1.807) is 28.1 Å². The van der Waals surface area contributed by atoms with E-state index in [4.69, 9.17) is 28.0 Å². The van der Waals surface area contributed by atoms with E-state index in [1.807, 2.05) is 85.9 Å². The molecule has 312 valence electrons. The van der Waals surface area contributed by atoms with Crippen molar-refractivity contribution in [2.24, 2.45) is 5.92 Å². The first-order valence-electron chi connectivity index (χ1n) is 19.9. The second kappa shape index (κ2) is 16.7. The monoisotopic (exact) mass is 828 g/mol. The number of halogens is 1. The zero-order valence-corrected chi connectivity index (χ0v) is 34.9. The first kappa shape index (κ1) is 41.0. The number of likely N-dealkylation sites (N-methyl/N-ethyl adjacent to an activating group) is 1. The molecule has 3 aromatic carbocycles. The Hall–Kier alpha value is -4.76. The molecular weight excluding hydrogens is 778 g/mol. The van der Waals surface area contributed by atoms with E-state index in [1.165, 1.54) is 10.9 Å². The predicted molar refractivity (Wildman–Crippen MR) is 220 cm³/mol. The number of aromatic amines is 1. The first-order valence-corrected chi connectivity index (χ1v) is 21.0. The van der Waals surface area contributed by atoms with Gasteiger partial charge in [0, 0.05) is 12.0 Å². The van der Waals surface area contributed by atoms with Gasteiger partial charge in [0.05, 0.1) is 32.8 Å². The maximum absolute atomic E-state index is 17.5. The average molecular weight is 829 g/mol. The third-order valence-corrected chi connectivity index (χ3v) is 13.5. The molecule has 2 N–H and O–H groups in total. The van der Waals surface area contributed by atoms with Crippen LogP contribution in [0.15, 0.2) is 90.0 Å². The molecule has 2 aromatic heterocycles. The van der Waals surface area contributed by atoms with Crippen LogP contribution in [0.1, 0.15) is 69.4 Å². The molecule has 0 radical (unpaired) electrons. The van der Waals surface area contributed by atoms with Crippen LogP contribution in [-0.2, 0) is 28.9 Å². The molecule has 8 rings (SSSR count).